The lowest BCUT2D eigenvalue weighted by Gasteiger charge is -2.22. The molecule has 1 fully saturated rings. The molecule has 5 aromatic rings. The zero-order valence-electron chi connectivity index (χ0n) is 22.8. The Morgan fingerprint density at radius 2 is 1.95 bits per heavy atom. The molecule has 1 saturated carbocycles. The molecule has 0 bridgehead atoms. The monoisotopic (exact) mass is 560 g/mol. The van der Waals surface area contributed by atoms with Gasteiger partial charge in [-0.3, -0.25) is 4.79 Å². The quantitative estimate of drug-likeness (QED) is 0.242. The van der Waals surface area contributed by atoms with Crippen molar-refractivity contribution < 1.29 is 9.53 Å². The van der Waals surface area contributed by atoms with E-state index in [1.165, 1.54) is 19.3 Å². The Morgan fingerprint density at radius 1 is 1.10 bits per heavy atom. The van der Waals surface area contributed by atoms with E-state index < -0.39 is 0 Å². The van der Waals surface area contributed by atoms with Crippen molar-refractivity contribution in [2.75, 3.05) is 12.4 Å². The van der Waals surface area contributed by atoms with Crippen LogP contribution in [0.2, 0.25) is 0 Å². The molecule has 1 aliphatic rings. The van der Waals surface area contributed by atoms with Crippen LogP contribution < -0.4 is 10.1 Å². The van der Waals surface area contributed by atoms with Crippen LogP contribution in [0.3, 0.4) is 0 Å². The largest absolute Gasteiger partial charge is 0.497 e. The Kier molecular flexibility index (Phi) is 7.56. The second kappa shape index (κ2) is 11.7. The van der Waals surface area contributed by atoms with Gasteiger partial charge in [0.2, 0.25) is 5.82 Å². The standard InChI is InChI=1S/C32H28N6O2S/c1-21-17-25(31-35-37-38(36-31)19-23-9-13-27(40-2)14-10-23)12-15-28(21)34-32(39)26-8-3-5-22(18-26)11-16-30-33-29(20-41-30)24-6-4-7-24/h3,5,8-10,12-15,17-18,20,24H,4,6-7,19H2,1-2H3,(H,34,39). The highest BCUT2D eigenvalue weighted by Gasteiger charge is 2.21. The summed E-state index contributed by atoms with van der Waals surface area (Å²) in [5.41, 5.74) is 5.94. The Bertz CT molecular complexity index is 1760. The fraction of sp³-hybridized carbons (Fsp3) is 0.219. The van der Waals surface area contributed by atoms with Crippen molar-refractivity contribution in [1.82, 2.24) is 25.2 Å². The molecule has 1 amide bonds. The predicted octanol–water partition coefficient (Wildman–Crippen LogP) is 6.08. The number of anilines is 1. The molecule has 1 aliphatic carbocycles. The van der Waals surface area contributed by atoms with E-state index in [1.807, 2.05) is 61.5 Å². The van der Waals surface area contributed by atoms with Crippen LogP contribution in [0.15, 0.2) is 72.1 Å². The van der Waals surface area contributed by atoms with Gasteiger partial charge in [0.15, 0.2) is 5.01 Å². The Hall–Kier alpha value is -4.81. The number of thiazole rings is 1. The molecule has 0 unspecified atom stereocenters. The zero-order chi connectivity index (χ0) is 28.2. The molecule has 9 heteroatoms. The SMILES string of the molecule is COc1ccc(Cn2nnc(-c3ccc(NC(=O)c4cccc(C#Cc5nc(C6CCC6)cs5)c4)c(C)c3)n2)cc1. The summed E-state index contributed by atoms with van der Waals surface area (Å²) in [6, 6.07) is 20.8. The van der Waals surface area contributed by atoms with Gasteiger partial charge in [-0.05, 0) is 90.6 Å². The minimum atomic E-state index is -0.199. The molecule has 3 aromatic carbocycles. The second-order valence-electron chi connectivity index (χ2n) is 10.0. The van der Waals surface area contributed by atoms with Crippen LogP contribution >= 0.6 is 11.3 Å². The smallest absolute Gasteiger partial charge is 0.255 e. The van der Waals surface area contributed by atoms with Crippen LogP contribution in [0.4, 0.5) is 5.69 Å². The van der Waals surface area contributed by atoms with Crippen LogP contribution in [-0.4, -0.2) is 38.2 Å². The average molecular weight is 561 g/mol. The van der Waals surface area contributed by atoms with E-state index in [0.29, 0.717) is 29.5 Å². The summed E-state index contributed by atoms with van der Waals surface area (Å²) >= 11 is 1.58. The van der Waals surface area contributed by atoms with Crippen LogP contribution in [0.25, 0.3) is 11.4 Å². The maximum atomic E-state index is 13.1. The van der Waals surface area contributed by atoms with E-state index in [2.05, 4.69) is 42.9 Å². The summed E-state index contributed by atoms with van der Waals surface area (Å²) in [4.78, 5) is 19.3. The van der Waals surface area contributed by atoms with Crippen LogP contribution in [0.5, 0.6) is 5.75 Å². The van der Waals surface area contributed by atoms with Crippen molar-refractivity contribution in [2.24, 2.45) is 0 Å². The van der Waals surface area contributed by atoms with Crippen LogP contribution in [-0.2, 0) is 6.54 Å². The first-order valence-electron chi connectivity index (χ1n) is 13.4. The number of nitrogens with zero attached hydrogens (tertiary/aromatic N) is 5. The van der Waals surface area contributed by atoms with Crippen molar-refractivity contribution in [3.05, 3.63) is 105 Å². The van der Waals surface area contributed by atoms with E-state index in [1.54, 1.807) is 35.4 Å². The molecule has 2 aromatic heterocycles. The number of nitrogens with one attached hydrogen (secondary N) is 1. The molecule has 8 nitrogen and oxygen atoms in total. The second-order valence-corrected chi connectivity index (χ2v) is 10.9. The molecule has 1 N–H and O–H groups in total. The minimum absolute atomic E-state index is 0.199. The van der Waals surface area contributed by atoms with Gasteiger partial charge in [0.25, 0.3) is 5.91 Å². The summed E-state index contributed by atoms with van der Waals surface area (Å²) in [5, 5.41) is 18.9. The molecule has 2 heterocycles. The third kappa shape index (κ3) is 6.18. The van der Waals surface area contributed by atoms with Crippen molar-refractivity contribution in [1.29, 1.82) is 0 Å². The van der Waals surface area contributed by atoms with Gasteiger partial charge >= 0.3 is 0 Å². The number of amides is 1. The summed E-state index contributed by atoms with van der Waals surface area (Å²) in [6.45, 7) is 2.44. The van der Waals surface area contributed by atoms with Gasteiger partial charge in [-0.15, -0.1) is 21.5 Å². The molecule has 204 valence electrons. The van der Waals surface area contributed by atoms with Gasteiger partial charge in [0.05, 0.1) is 19.3 Å². The van der Waals surface area contributed by atoms with Gasteiger partial charge in [-0.1, -0.05) is 30.5 Å². The normalized spacial score (nSPS) is 12.7. The number of aromatic nitrogens is 5. The first-order valence-corrected chi connectivity index (χ1v) is 14.3. The topological polar surface area (TPSA) is 94.8 Å². The molecule has 41 heavy (non-hydrogen) atoms. The molecular weight excluding hydrogens is 532 g/mol. The number of benzene rings is 3. The molecule has 0 radical (unpaired) electrons. The van der Waals surface area contributed by atoms with Crippen LogP contribution in [0.1, 0.15) is 62.9 Å². The fourth-order valence-corrected chi connectivity index (χ4v) is 5.30. The van der Waals surface area contributed by atoms with E-state index in [0.717, 1.165) is 38.7 Å². The van der Waals surface area contributed by atoms with Crippen LogP contribution in [0, 0.1) is 18.8 Å². The number of hydrogen-bond acceptors (Lipinski definition) is 7. The average Bonchev–Trinajstić information content (AvgIpc) is 3.62. The number of rotatable bonds is 7. The number of carbonyl (C=O) groups excluding carboxylic acids is 1. The van der Waals surface area contributed by atoms with Gasteiger partial charge < -0.3 is 10.1 Å². The summed E-state index contributed by atoms with van der Waals surface area (Å²) in [6.07, 6.45) is 3.73. The lowest BCUT2D eigenvalue weighted by molar-refractivity contribution is 0.102. The Labute approximate surface area is 242 Å². The Balaban J connectivity index is 1.10. The van der Waals surface area contributed by atoms with Gasteiger partial charge in [-0.2, -0.15) is 4.80 Å². The van der Waals surface area contributed by atoms with E-state index in [4.69, 9.17) is 4.74 Å². The number of hydrogen-bond donors (Lipinski definition) is 1. The van der Waals surface area contributed by atoms with Crippen molar-refractivity contribution >= 4 is 22.9 Å². The van der Waals surface area contributed by atoms with Crippen molar-refractivity contribution in [3.63, 3.8) is 0 Å². The van der Waals surface area contributed by atoms with E-state index in [-0.39, 0.29) is 5.91 Å². The zero-order valence-corrected chi connectivity index (χ0v) is 23.6. The highest BCUT2D eigenvalue weighted by atomic mass is 32.1. The third-order valence-electron chi connectivity index (χ3n) is 7.15. The van der Waals surface area contributed by atoms with Crippen molar-refractivity contribution in [3.8, 4) is 29.0 Å². The number of carbonyl (C=O) groups is 1. The number of ether oxygens (including phenoxy) is 1. The molecule has 0 atom stereocenters. The molecule has 0 aliphatic heterocycles. The third-order valence-corrected chi connectivity index (χ3v) is 7.93. The number of aryl methyl sites for hydroxylation is 1. The highest BCUT2D eigenvalue weighted by Crippen LogP contribution is 2.36. The van der Waals surface area contributed by atoms with Gasteiger partial charge in [0.1, 0.15) is 5.75 Å². The molecule has 0 spiro atoms. The van der Waals surface area contributed by atoms with Crippen molar-refractivity contribution in [2.45, 2.75) is 38.6 Å². The van der Waals surface area contributed by atoms with Gasteiger partial charge in [0, 0.05) is 33.7 Å². The van der Waals surface area contributed by atoms with E-state index >= 15 is 0 Å². The highest BCUT2D eigenvalue weighted by molar-refractivity contribution is 7.10. The lowest BCUT2D eigenvalue weighted by Crippen LogP contribution is -2.13. The first-order chi connectivity index (χ1) is 20.0. The lowest BCUT2D eigenvalue weighted by atomic mass is 9.83. The first kappa shape index (κ1) is 26.4. The maximum Gasteiger partial charge on any atom is 0.255 e. The minimum Gasteiger partial charge on any atom is -0.497 e. The summed E-state index contributed by atoms with van der Waals surface area (Å²) in [5.74, 6) is 8.03. The summed E-state index contributed by atoms with van der Waals surface area (Å²) in [7, 11) is 1.64. The summed E-state index contributed by atoms with van der Waals surface area (Å²) < 4.78 is 5.21. The predicted molar refractivity (Wildman–Crippen MR) is 159 cm³/mol. The molecule has 6 rings (SSSR count). The van der Waals surface area contributed by atoms with Gasteiger partial charge in [-0.25, -0.2) is 4.98 Å². The fourth-order valence-electron chi connectivity index (χ4n) is 4.56. The number of methoxy groups -OCH3 is 1. The Morgan fingerprint density at radius 3 is 2.71 bits per heavy atom. The number of tetrazole rings is 1. The molecule has 0 saturated heterocycles. The molecular formula is C32H28N6O2S. The van der Waals surface area contributed by atoms with E-state index in [9.17, 15) is 4.79 Å². The maximum absolute atomic E-state index is 13.1.